The number of nitrogens with zero attached hydrogens (tertiary/aromatic N) is 1. The average Bonchev–Trinajstić information content (AvgIpc) is 2.41. The highest BCUT2D eigenvalue weighted by molar-refractivity contribution is 9.10. The van der Waals surface area contributed by atoms with Crippen molar-refractivity contribution >= 4 is 43.4 Å². The van der Waals surface area contributed by atoms with Crippen molar-refractivity contribution in [1.82, 2.24) is 4.98 Å². The van der Waals surface area contributed by atoms with Crippen LogP contribution in [0.1, 0.15) is 5.56 Å². The van der Waals surface area contributed by atoms with E-state index in [0.29, 0.717) is 10.0 Å². The van der Waals surface area contributed by atoms with Crippen molar-refractivity contribution in [3.8, 4) is 0 Å². The zero-order valence-electron chi connectivity index (χ0n) is 10.2. The van der Waals surface area contributed by atoms with E-state index in [1.807, 2.05) is 0 Å². The van der Waals surface area contributed by atoms with Crippen molar-refractivity contribution in [3.05, 3.63) is 51.6 Å². The third-order valence-corrected chi connectivity index (χ3v) is 4.97. The molecule has 0 spiro atoms. The van der Waals surface area contributed by atoms with Crippen LogP contribution in [0.2, 0.25) is 5.02 Å². The van der Waals surface area contributed by atoms with Crippen LogP contribution < -0.4 is 10.5 Å². The number of aromatic nitrogens is 1. The first kappa shape index (κ1) is 15.2. The molecule has 0 saturated carbocycles. The predicted molar refractivity (Wildman–Crippen MR) is 82.1 cm³/mol. The summed E-state index contributed by atoms with van der Waals surface area (Å²) in [5.74, 6) is 0.196. The van der Waals surface area contributed by atoms with Gasteiger partial charge in [-0.15, -0.1) is 0 Å². The fourth-order valence-corrected chi connectivity index (χ4v) is 3.59. The van der Waals surface area contributed by atoms with Crippen LogP contribution in [-0.2, 0) is 16.6 Å². The monoisotopic (exact) mass is 375 g/mol. The molecule has 106 valence electrons. The first-order valence-corrected chi connectivity index (χ1v) is 8.21. The van der Waals surface area contributed by atoms with E-state index >= 15 is 0 Å². The van der Waals surface area contributed by atoms with Gasteiger partial charge in [0.15, 0.2) is 5.82 Å². The number of hydrogen-bond acceptors (Lipinski definition) is 4. The highest BCUT2D eigenvalue weighted by atomic mass is 79.9. The molecule has 20 heavy (non-hydrogen) atoms. The maximum Gasteiger partial charge on any atom is 0.264 e. The molecule has 8 heteroatoms. The molecule has 0 unspecified atom stereocenters. The van der Waals surface area contributed by atoms with E-state index < -0.39 is 10.0 Å². The smallest absolute Gasteiger partial charge is 0.264 e. The van der Waals surface area contributed by atoms with Gasteiger partial charge in [0.2, 0.25) is 0 Å². The lowest BCUT2D eigenvalue weighted by Gasteiger charge is -2.11. The lowest BCUT2D eigenvalue weighted by atomic mass is 10.2. The molecule has 2 aromatic rings. The van der Waals surface area contributed by atoms with Crippen molar-refractivity contribution in [2.75, 3.05) is 4.72 Å². The van der Waals surface area contributed by atoms with Gasteiger partial charge in [0.05, 0.1) is 9.50 Å². The number of benzene rings is 1. The van der Waals surface area contributed by atoms with Crippen LogP contribution in [0.3, 0.4) is 0 Å². The molecule has 1 aromatic heterocycles. The van der Waals surface area contributed by atoms with Gasteiger partial charge in [-0.3, -0.25) is 4.72 Å². The maximum absolute atomic E-state index is 12.3. The van der Waals surface area contributed by atoms with Crippen molar-refractivity contribution in [2.45, 2.75) is 11.4 Å². The minimum Gasteiger partial charge on any atom is -0.326 e. The molecule has 5 nitrogen and oxygen atoms in total. The summed E-state index contributed by atoms with van der Waals surface area (Å²) in [7, 11) is -3.83. The molecule has 0 saturated heterocycles. The Morgan fingerprint density at radius 2 is 2.10 bits per heavy atom. The lowest BCUT2D eigenvalue weighted by molar-refractivity contribution is 0.601. The number of anilines is 1. The third-order valence-electron chi connectivity index (χ3n) is 2.51. The van der Waals surface area contributed by atoms with Gasteiger partial charge in [-0.2, -0.15) is 0 Å². The Kier molecular flexibility index (Phi) is 4.64. The molecule has 0 atom stereocenters. The van der Waals surface area contributed by atoms with Gasteiger partial charge < -0.3 is 5.73 Å². The summed E-state index contributed by atoms with van der Waals surface area (Å²) in [6.07, 6.45) is 1.49. The molecule has 1 heterocycles. The van der Waals surface area contributed by atoms with Crippen LogP contribution in [0.4, 0.5) is 5.82 Å². The molecule has 2 rings (SSSR count). The van der Waals surface area contributed by atoms with Crippen LogP contribution in [0.15, 0.2) is 45.9 Å². The van der Waals surface area contributed by atoms with Crippen LogP contribution in [0, 0.1) is 0 Å². The topological polar surface area (TPSA) is 85.1 Å². The molecular weight excluding hydrogens is 366 g/mol. The Labute approximate surface area is 130 Å². The number of nitrogens with one attached hydrogen (secondary N) is 1. The second-order valence-electron chi connectivity index (χ2n) is 3.91. The first-order chi connectivity index (χ1) is 9.44. The molecule has 0 aliphatic rings. The summed E-state index contributed by atoms with van der Waals surface area (Å²) in [5, 5.41) is 0.127. The van der Waals surface area contributed by atoms with Crippen LogP contribution in [0.5, 0.6) is 0 Å². The largest absolute Gasteiger partial charge is 0.326 e. The van der Waals surface area contributed by atoms with Crippen LogP contribution >= 0.6 is 27.5 Å². The van der Waals surface area contributed by atoms with Gasteiger partial charge in [0.25, 0.3) is 10.0 Å². The van der Waals surface area contributed by atoms with E-state index in [0.717, 1.165) is 0 Å². The molecule has 0 bridgehead atoms. The Morgan fingerprint density at radius 1 is 1.35 bits per heavy atom. The maximum atomic E-state index is 12.3. The van der Waals surface area contributed by atoms with E-state index in [4.69, 9.17) is 17.3 Å². The molecule has 1 aromatic carbocycles. The number of pyridine rings is 1. The molecule has 3 N–H and O–H groups in total. The second-order valence-corrected chi connectivity index (χ2v) is 6.82. The van der Waals surface area contributed by atoms with Crippen molar-refractivity contribution in [3.63, 3.8) is 0 Å². The molecule has 0 amide bonds. The number of halogens is 2. The molecular formula is C12H11BrClN3O2S. The Morgan fingerprint density at radius 3 is 2.75 bits per heavy atom. The first-order valence-electron chi connectivity index (χ1n) is 5.56. The van der Waals surface area contributed by atoms with Gasteiger partial charge in [-0.1, -0.05) is 17.7 Å². The summed E-state index contributed by atoms with van der Waals surface area (Å²) in [6, 6.07) is 8.00. The van der Waals surface area contributed by atoms with Crippen LogP contribution in [0.25, 0.3) is 0 Å². The Hall–Kier alpha value is -1.15. The summed E-state index contributed by atoms with van der Waals surface area (Å²) in [5.41, 5.74) is 6.19. The van der Waals surface area contributed by atoms with Gasteiger partial charge >= 0.3 is 0 Å². The van der Waals surface area contributed by atoms with E-state index in [9.17, 15) is 8.42 Å². The fraction of sp³-hybridized carbons (Fsp3) is 0.0833. The Bertz CT molecular complexity index is 737. The van der Waals surface area contributed by atoms with Gasteiger partial charge in [0.1, 0.15) is 4.90 Å². The summed E-state index contributed by atoms with van der Waals surface area (Å²) < 4.78 is 27.6. The normalized spacial score (nSPS) is 11.3. The van der Waals surface area contributed by atoms with Gasteiger partial charge in [-0.25, -0.2) is 13.4 Å². The van der Waals surface area contributed by atoms with Crippen molar-refractivity contribution in [1.29, 1.82) is 0 Å². The molecule has 0 aliphatic heterocycles. The van der Waals surface area contributed by atoms with Crippen molar-refractivity contribution < 1.29 is 8.42 Å². The third kappa shape index (κ3) is 3.29. The molecule has 0 aliphatic carbocycles. The van der Waals surface area contributed by atoms with E-state index in [2.05, 4.69) is 25.6 Å². The fourth-order valence-electron chi connectivity index (χ4n) is 1.52. The zero-order valence-corrected chi connectivity index (χ0v) is 13.3. The summed E-state index contributed by atoms with van der Waals surface area (Å²) in [4.78, 5) is 3.93. The lowest BCUT2D eigenvalue weighted by Crippen LogP contribution is -2.15. The van der Waals surface area contributed by atoms with Gasteiger partial charge in [0, 0.05) is 12.7 Å². The highest BCUT2D eigenvalue weighted by Gasteiger charge is 2.20. The summed E-state index contributed by atoms with van der Waals surface area (Å²) >= 11 is 9.18. The Balaban J connectivity index is 2.43. The standard InChI is InChI=1S/C12H11BrClN3O2S/c13-9-2-1-5-16-12(9)17-20(18,19)11-6-8(7-15)3-4-10(11)14/h1-6H,7,15H2,(H,16,17). The quantitative estimate of drug-likeness (QED) is 0.859. The molecule has 0 radical (unpaired) electrons. The van der Waals surface area contributed by atoms with Crippen molar-refractivity contribution in [2.24, 2.45) is 5.73 Å². The number of hydrogen-bond donors (Lipinski definition) is 2. The van der Waals surface area contributed by atoms with E-state index in [1.54, 1.807) is 18.2 Å². The number of rotatable bonds is 4. The van der Waals surface area contributed by atoms with Gasteiger partial charge in [-0.05, 0) is 45.8 Å². The second kappa shape index (κ2) is 6.09. The average molecular weight is 377 g/mol. The van der Waals surface area contributed by atoms with Crippen LogP contribution in [-0.4, -0.2) is 13.4 Å². The van der Waals surface area contributed by atoms with E-state index in [-0.39, 0.29) is 22.3 Å². The van der Waals surface area contributed by atoms with E-state index in [1.165, 1.54) is 18.3 Å². The summed E-state index contributed by atoms with van der Waals surface area (Å²) in [6.45, 7) is 0.229. The minimum atomic E-state index is -3.83. The number of nitrogens with two attached hydrogens (primary N) is 1. The molecule has 0 fully saturated rings. The highest BCUT2D eigenvalue weighted by Crippen LogP contribution is 2.26. The SMILES string of the molecule is NCc1ccc(Cl)c(S(=O)(=O)Nc2ncccc2Br)c1. The zero-order chi connectivity index (χ0) is 14.8. The number of sulfonamides is 1. The predicted octanol–water partition coefficient (Wildman–Crippen LogP) is 2.76. The minimum absolute atomic E-state index is 0.0281.